The Morgan fingerprint density at radius 1 is 1.16 bits per heavy atom. The third-order valence-corrected chi connectivity index (χ3v) is 6.53. The van der Waals surface area contributed by atoms with E-state index in [9.17, 15) is 13.2 Å². The second-order valence-electron chi connectivity index (χ2n) is 7.25. The first kappa shape index (κ1) is 21.6. The number of hydrogen-bond acceptors (Lipinski definition) is 6. The van der Waals surface area contributed by atoms with E-state index in [0.29, 0.717) is 12.1 Å². The van der Waals surface area contributed by atoms with E-state index in [1.54, 1.807) is 50.4 Å². The normalized spacial score (nSPS) is 16.0. The van der Waals surface area contributed by atoms with Crippen LogP contribution in [0.15, 0.2) is 76.4 Å². The number of anilines is 1. The fourth-order valence-electron chi connectivity index (χ4n) is 3.45. The Hall–Kier alpha value is -3.59. The first-order valence-electron chi connectivity index (χ1n) is 10.1. The van der Waals surface area contributed by atoms with E-state index >= 15 is 0 Å². The van der Waals surface area contributed by atoms with Crippen LogP contribution in [-0.2, 0) is 10.0 Å². The number of carbonyl (C=O) groups is 1. The van der Waals surface area contributed by atoms with Gasteiger partial charge in [-0.15, -0.1) is 0 Å². The van der Waals surface area contributed by atoms with Crippen molar-refractivity contribution in [1.82, 2.24) is 5.01 Å². The average molecular weight is 454 g/mol. The van der Waals surface area contributed by atoms with E-state index in [4.69, 9.17) is 9.15 Å². The monoisotopic (exact) mass is 453 g/mol. The fraction of sp³-hybridized carbons (Fsp3) is 0.217. The fourth-order valence-corrected chi connectivity index (χ4v) is 4.09. The topological polar surface area (TPSA) is 101 Å². The van der Waals surface area contributed by atoms with E-state index in [0.717, 1.165) is 22.6 Å². The number of hydrogen-bond donors (Lipinski definition) is 1. The number of amides is 1. The molecule has 32 heavy (non-hydrogen) atoms. The summed E-state index contributed by atoms with van der Waals surface area (Å²) in [5, 5.41) is 6.04. The second kappa shape index (κ2) is 8.88. The highest BCUT2D eigenvalue weighted by molar-refractivity contribution is 7.92. The minimum Gasteiger partial charge on any atom is -0.497 e. The van der Waals surface area contributed by atoms with Crippen molar-refractivity contribution in [3.63, 3.8) is 0 Å². The molecule has 1 aliphatic rings. The van der Waals surface area contributed by atoms with Crippen LogP contribution in [0.4, 0.5) is 5.69 Å². The number of furan rings is 1. The largest absolute Gasteiger partial charge is 0.497 e. The van der Waals surface area contributed by atoms with Gasteiger partial charge in [0.25, 0.3) is 0 Å². The molecular weight excluding hydrogens is 430 g/mol. The van der Waals surface area contributed by atoms with Gasteiger partial charge in [0.05, 0.1) is 30.9 Å². The van der Waals surface area contributed by atoms with Crippen LogP contribution in [0.2, 0.25) is 0 Å². The van der Waals surface area contributed by atoms with E-state index in [2.05, 4.69) is 9.82 Å². The Balaban J connectivity index is 1.63. The maximum atomic E-state index is 13.1. The highest BCUT2D eigenvalue weighted by Crippen LogP contribution is 2.35. The number of carbonyl (C=O) groups excluding carboxylic acids is 1. The summed E-state index contributed by atoms with van der Waals surface area (Å²) in [5.74, 6) is 0.590. The van der Waals surface area contributed by atoms with Crippen LogP contribution in [-0.4, -0.2) is 37.9 Å². The molecule has 0 saturated carbocycles. The molecule has 1 atom stereocenters. The summed E-state index contributed by atoms with van der Waals surface area (Å²) in [5.41, 5.74) is 2.91. The zero-order valence-corrected chi connectivity index (χ0v) is 18.5. The molecular formula is C23H23N3O5S. The third kappa shape index (κ3) is 4.52. The van der Waals surface area contributed by atoms with Crippen LogP contribution >= 0.6 is 0 Å². The van der Waals surface area contributed by atoms with Crippen molar-refractivity contribution in [2.24, 2.45) is 5.10 Å². The summed E-state index contributed by atoms with van der Waals surface area (Å²) >= 11 is 0. The highest BCUT2D eigenvalue weighted by atomic mass is 32.2. The summed E-state index contributed by atoms with van der Waals surface area (Å²) in [7, 11) is -1.75. The molecule has 0 aliphatic carbocycles. The number of methoxy groups -OCH3 is 1. The van der Waals surface area contributed by atoms with Crippen molar-refractivity contribution in [2.45, 2.75) is 19.4 Å². The number of hydrazone groups is 1. The van der Waals surface area contributed by atoms with Gasteiger partial charge in [0.2, 0.25) is 10.0 Å². The van der Waals surface area contributed by atoms with Gasteiger partial charge in [0.1, 0.15) is 5.75 Å². The number of ether oxygens (including phenoxy) is 1. The molecule has 0 bridgehead atoms. The molecule has 166 valence electrons. The molecule has 9 heteroatoms. The summed E-state index contributed by atoms with van der Waals surface area (Å²) < 4.78 is 36.6. The molecule has 1 amide bonds. The summed E-state index contributed by atoms with van der Waals surface area (Å²) in [6.45, 7) is 1.58. The SMILES string of the molecule is CCS(=O)(=O)Nc1ccc(C2=NN(C(=O)c3ccco3)[C@H](c3ccc(OC)cc3)C2)cc1. The Bertz CT molecular complexity index is 1220. The minimum absolute atomic E-state index is 0.00511. The first-order chi connectivity index (χ1) is 15.4. The molecule has 0 spiro atoms. The van der Waals surface area contributed by atoms with Crippen molar-refractivity contribution in [3.8, 4) is 5.75 Å². The van der Waals surface area contributed by atoms with Gasteiger partial charge in [0, 0.05) is 12.1 Å². The van der Waals surface area contributed by atoms with Crippen LogP contribution in [0.5, 0.6) is 5.75 Å². The Labute approximate surface area is 186 Å². The molecule has 8 nitrogen and oxygen atoms in total. The van der Waals surface area contributed by atoms with Crippen LogP contribution < -0.4 is 9.46 Å². The molecule has 1 N–H and O–H groups in total. The number of nitrogens with zero attached hydrogens (tertiary/aromatic N) is 2. The molecule has 0 saturated heterocycles. The molecule has 3 aromatic rings. The number of nitrogens with one attached hydrogen (secondary N) is 1. The smallest absolute Gasteiger partial charge is 0.310 e. The maximum Gasteiger partial charge on any atom is 0.310 e. The van der Waals surface area contributed by atoms with Crippen molar-refractivity contribution in [3.05, 3.63) is 83.8 Å². The quantitative estimate of drug-likeness (QED) is 0.582. The Morgan fingerprint density at radius 2 is 1.88 bits per heavy atom. The lowest BCUT2D eigenvalue weighted by molar-refractivity contribution is 0.0678. The van der Waals surface area contributed by atoms with Gasteiger partial charge < -0.3 is 9.15 Å². The van der Waals surface area contributed by atoms with E-state index in [-0.39, 0.29) is 23.5 Å². The van der Waals surface area contributed by atoms with Crippen molar-refractivity contribution in [1.29, 1.82) is 0 Å². The van der Waals surface area contributed by atoms with E-state index in [1.165, 1.54) is 11.3 Å². The first-order valence-corrected chi connectivity index (χ1v) is 11.7. The lowest BCUT2D eigenvalue weighted by Gasteiger charge is -2.21. The lowest BCUT2D eigenvalue weighted by Crippen LogP contribution is -2.26. The van der Waals surface area contributed by atoms with Crippen LogP contribution in [0.3, 0.4) is 0 Å². The highest BCUT2D eigenvalue weighted by Gasteiger charge is 2.34. The van der Waals surface area contributed by atoms with Gasteiger partial charge in [-0.25, -0.2) is 13.4 Å². The second-order valence-corrected chi connectivity index (χ2v) is 9.26. The zero-order valence-electron chi connectivity index (χ0n) is 17.7. The lowest BCUT2D eigenvalue weighted by atomic mass is 9.98. The zero-order chi connectivity index (χ0) is 22.7. The summed E-state index contributed by atoms with van der Waals surface area (Å²) in [6, 6.07) is 17.4. The summed E-state index contributed by atoms with van der Waals surface area (Å²) in [4.78, 5) is 13.1. The molecule has 2 aromatic carbocycles. The molecule has 4 rings (SSSR count). The predicted octanol–water partition coefficient (Wildman–Crippen LogP) is 4.04. The van der Waals surface area contributed by atoms with Gasteiger partial charge in [-0.1, -0.05) is 24.3 Å². The van der Waals surface area contributed by atoms with E-state index in [1.807, 2.05) is 24.3 Å². The van der Waals surface area contributed by atoms with Crippen LogP contribution in [0.1, 0.15) is 41.1 Å². The average Bonchev–Trinajstić information content (AvgIpc) is 3.50. The van der Waals surface area contributed by atoms with Gasteiger partial charge in [-0.2, -0.15) is 5.10 Å². The van der Waals surface area contributed by atoms with Gasteiger partial charge in [-0.05, 0) is 54.4 Å². The Kier molecular flexibility index (Phi) is 6.00. The predicted molar refractivity (Wildman–Crippen MR) is 121 cm³/mol. The third-order valence-electron chi connectivity index (χ3n) is 5.22. The molecule has 2 heterocycles. The van der Waals surface area contributed by atoms with Crippen LogP contribution in [0, 0.1) is 0 Å². The molecule has 0 unspecified atom stereocenters. The van der Waals surface area contributed by atoms with Gasteiger partial charge >= 0.3 is 5.91 Å². The minimum atomic E-state index is -3.35. The van der Waals surface area contributed by atoms with E-state index < -0.39 is 10.0 Å². The molecule has 1 aliphatic heterocycles. The molecule has 0 fully saturated rings. The van der Waals surface area contributed by atoms with Crippen LogP contribution in [0.25, 0.3) is 0 Å². The van der Waals surface area contributed by atoms with Gasteiger partial charge in [-0.3, -0.25) is 9.52 Å². The number of rotatable bonds is 7. The molecule has 0 radical (unpaired) electrons. The van der Waals surface area contributed by atoms with Crippen molar-refractivity contribution in [2.75, 3.05) is 17.6 Å². The summed E-state index contributed by atoms with van der Waals surface area (Å²) in [6.07, 6.45) is 1.95. The molecule has 1 aromatic heterocycles. The van der Waals surface area contributed by atoms with Crippen molar-refractivity contribution >= 4 is 27.3 Å². The van der Waals surface area contributed by atoms with Gasteiger partial charge in [0.15, 0.2) is 5.76 Å². The van der Waals surface area contributed by atoms with Crippen molar-refractivity contribution < 1.29 is 22.4 Å². The number of benzene rings is 2. The standard InChI is InChI=1S/C23H23N3O5S/c1-3-32(28,29)25-18-10-6-16(7-11-18)20-15-21(17-8-12-19(30-2)13-9-17)26(24-20)23(27)22-5-4-14-31-22/h4-14,21,25H,3,15H2,1-2H3/t21-/m0/s1. The maximum absolute atomic E-state index is 13.1. The number of sulfonamides is 1. The Morgan fingerprint density at radius 3 is 2.47 bits per heavy atom.